The molecule has 158 valence electrons. The molecule has 7 heteroatoms. The smallest absolute Gasteiger partial charge is 0.240 e. The molecule has 29 heavy (non-hydrogen) atoms. The molecule has 1 aliphatic rings. The lowest BCUT2D eigenvalue weighted by molar-refractivity contribution is 0.299. The number of methoxy groups -OCH3 is 1. The van der Waals surface area contributed by atoms with Crippen LogP contribution in [0.25, 0.3) is 0 Å². The Morgan fingerprint density at radius 2 is 1.97 bits per heavy atom. The lowest BCUT2D eigenvalue weighted by Gasteiger charge is -2.30. The van der Waals surface area contributed by atoms with E-state index in [0.29, 0.717) is 12.3 Å². The molecule has 3 rings (SSSR count). The van der Waals surface area contributed by atoms with Gasteiger partial charge in [-0.05, 0) is 74.8 Å². The van der Waals surface area contributed by atoms with Gasteiger partial charge >= 0.3 is 0 Å². The van der Waals surface area contributed by atoms with Crippen LogP contribution >= 0.6 is 0 Å². The maximum Gasteiger partial charge on any atom is 0.240 e. The monoisotopic (exact) mass is 417 g/mol. The molecule has 0 spiro atoms. The van der Waals surface area contributed by atoms with Crippen LogP contribution in [0.2, 0.25) is 0 Å². The minimum atomic E-state index is -3.61. The molecule has 2 aromatic rings. The Bertz CT molecular complexity index is 973. The van der Waals surface area contributed by atoms with Crippen LogP contribution in [-0.2, 0) is 16.4 Å². The topological polar surface area (TPSA) is 61.9 Å². The fraction of sp³-hybridized carbons (Fsp3) is 0.455. The molecule has 0 fully saturated rings. The second-order valence-electron chi connectivity index (χ2n) is 7.88. The molecule has 0 aromatic heterocycles. The lowest BCUT2D eigenvalue weighted by Crippen LogP contribution is -2.35. The van der Waals surface area contributed by atoms with Crippen molar-refractivity contribution < 1.29 is 13.2 Å². The zero-order chi connectivity index (χ0) is 21.2. The molecule has 0 aliphatic carbocycles. The van der Waals surface area contributed by atoms with Crippen LogP contribution < -0.4 is 14.4 Å². The Morgan fingerprint density at radius 3 is 2.62 bits per heavy atom. The number of hydrogen-bond donors (Lipinski definition) is 1. The standard InChI is InChI=1S/C22H31N3O3S/c1-16-13-19(9-11-22(16)28-5)29(26,27)23-15-21(24(2)3)18-8-10-20-17(14-18)7-6-12-25(20)4/h8-11,13-14,21,23H,6-7,12,15H2,1-5H3/t21-/m1/s1. The maximum atomic E-state index is 12.8. The van der Waals surface area contributed by atoms with Gasteiger partial charge in [0.1, 0.15) is 5.75 Å². The van der Waals surface area contributed by atoms with E-state index in [1.807, 2.05) is 21.0 Å². The summed E-state index contributed by atoms with van der Waals surface area (Å²) in [6.07, 6.45) is 2.20. The number of aryl methyl sites for hydroxylation is 2. The first-order valence-electron chi connectivity index (χ1n) is 9.87. The average Bonchev–Trinajstić information content (AvgIpc) is 2.68. The Labute approximate surface area is 174 Å². The highest BCUT2D eigenvalue weighted by molar-refractivity contribution is 7.89. The van der Waals surface area contributed by atoms with Crippen molar-refractivity contribution in [2.24, 2.45) is 0 Å². The van der Waals surface area contributed by atoms with Crippen LogP contribution in [0.15, 0.2) is 41.3 Å². The van der Waals surface area contributed by atoms with Gasteiger partial charge in [0.2, 0.25) is 10.0 Å². The molecule has 0 saturated carbocycles. The van der Waals surface area contributed by atoms with E-state index >= 15 is 0 Å². The average molecular weight is 418 g/mol. The first-order valence-corrected chi connectivity index (χ1v) is 11.4. The van der Waals surface area contributed by atoms with Crippen LogP contribution in [0.4, 0.5) is 5.69 Å². The summed E-state index contributed by atoms with van der Waals surface area (Å²) < 4.78 is 33.7. The zero-order valence-corrected chi connectivity index (χ0v) is 18.7. The molecule has 6 nitrogen and oxygen atoms in total. The van der Waals surface area contributed by atoms with Gasteiger partial charge in [0, 0.05) is 31.9 Å². The fourth-order valence-electron chi connectivity index (χ4n) is 3.90. The molecule has 0 bridgehead atoms. The first-order chi connectivity index (χ1) is 13.7. The van der Waals surface area contributed by atoms with Crippen molar-refractivity contribution in [2.45, 2.75) is 30.7 Å². The van der Waals surface area contributed by atoms with Gasteiger partial charge in [-0.3, -0.25) is 0 Å². The third-order valence-electron chi connectivity index (χ3n) is 5.61. The number of fused-ring (bicyclic) bond motifs is 1. The number of nitrogens with zero attached hydrogens (tertiary/aromatic N) is 2. The highest BCUT2D eigenvalue weighted by Crippen LogP contribution is 2.30. The molecule has 0 radical (unpaired) electrons. The van der Waals surface area contributed by atoms with Crippen molar-refractivity contribution in [3.63, 3.8) is 0 Å². The van der Waals surface area contributed by atoms with Crippen molar-refractivity contribution in [3.05, 3.63) is 53.1 Å². The SMILES string of the molecule is COc1ccc(S(=O)(=O)NC[C@H](c2ccc3c(c2)CCCN3C)N(C)C)cc1C. The molecular weight excluding hydrogens is 386 g/mol. The van der Waals surface area contributed by atoms with Gasteiger partial charge < -0.3 is 14.5 Å². The number of hydrogen-bond acceptors (Lipinski definition) is 5. The number of benzene rings is 2. The van der Waals surface area contributed by atoms with E-state index < -0.39 is 10.0 Å². The molecule has 1 aliphatic heterocycles. The van der Waals surface area contributed by atoms with Gasteiger partial charge in [-0.1, -0.05) is 12.1 Å². The van der Waals surface area contributed by atoms with Crippen molar-refractivity contribution in [3.8, 4) is 5.75 Å². The Hall–Kier alpha value is -2.09. The molecule has 1 atom stereocenters. The number of sulfonamides is 1. The number of likely N-dealkylation sites (N-methyl/N-ethyl adjacent to an activating group) is 1. The minimum Gasteiger partial charge on any atom is -0.496 e. The molecule has 0 unspecified atom stereocenters. The largest absolute Gasteiger partial charge is 0.496 e. The zero-order valence-electron chi connectivity index (χ0n) is 17.9. The van der Waals surface area contributed by atoms with Gasteiger partial charge in [-0.2, -0.15) is 0 Å². The predicted octanol–water partition coefficient (Wildman–Crippen LogP) is 2.97. The number of rotatable bonds is 7. The van der Waals surface area contributed by atoms with E-state index in [0.717, 1.165) is 30.5 Å². The third kappa shape index (κ3) is 4.74. The Kier molecular flexibility index (Phi) is 6.51. The molecule has 2 aromatic carbocycles. The summed E-state index contributed by atoms with van der Waals surface area (Å²) >= 11 is 0. The van der Waals surface area contributed by atoms with Crippen molar-refractivity contribution in [1.29, 1.82) is 0 Å². The normalized spacial score (nSPS) is 15.3. The summed E-state index contributed by atoms with van der Waals surface area (Å²) in [6.45, 7) is 3.21. The van der Waals surface area contributed by atoms with Crippen molar-refractivity contribution in [2.75, 3.05) is 46.2 Å². The number of nitrogens with one attached hydrogen (secondary N) is 1. The van der Waals surface area contributed by atoms with E-state index in [2.05, 4.69) is 39.8 Å². The van der Waals surface area contributed by atoms with Crippen LogP contribution in [0.3, 0.4) is 0 Å². The quantitative estimate of drug-likeness (QED) is 0.751. The minimum absolute atomic E-state index is 0.0540. The van der Waals surface area contributed by atoms with Gasteiger partial charge in [0.05, 0.1) is 12.0 Å². The number of anilines is 1. The van der Waals surface area contributed by atoms with Gasteiger partial charge in [0.25, 0.3) is 0 Å². The van der Waals surface area contributed by atoms with Crippen molar-refractivity contribution in [1.82, 2.24) is 9.62 Å². The second kappa shape index (κ2) is 8.73. The first kappa shape index (κ1) is 21.6. The fourth-order valence-corrected chi connectivity index (χ4v) is 5.02. The maximum absolute atomic E-state index is 12.8. The van der Waals surface area contributed by atoms with Gasteiger partial charge in [-0.15, -0.1) is 0 Å². The molecule has 1 N–H and O–H groups in total. The van der Waals surface area contributed by atoms with Crippen LogP contribution in [0.1, 0.15) is 29.2 Å². The second-order valence-corrected chi connectivity index (χ2v) is 9.64. The third-order valence-corrected chi connectivity index (χ3v) is 7.03. The predicted molar refractivity (Wildman–Crippen MR) is 117 cm³/mol. The van der Waals surface area contributed by atoms with E-state index in [1.54, 1.807) is 25.3 Å². The van der Waals surface area contributed by atoms with E-state index in [9.17, 15) is 8.42 Å². The highest BCUT2D eigenvalue weighted by Gasteiger charge is 2.22. The van der Waals surface area contributed by atoms with Gasteiger partial charge in [-0.25, -0.2) is 13.1 Å². The Balaban J connectivity index is 1.80. The number of ether oxygens (including phenoxy) is 1. The van der Waals surface area contributed by atoms with Crippen LogP contribution in [-0.4, -0.2) is 54.7 Å². The van der Waals surface area contributed by atoms with Gasteiger partial charge in [0.15, 0.2) is 0 Å². The van der Waals surface area contributed by atoms with E-state index in [1.165, 1.54) is 11.3 Å². The van der Waals surface area contributed by atoms with Crippen LogP contribution in [0.5, 0.6) is 5.75 Å². The Morgan fingerprint density at radius 1 is 1.21 bits per heavy atom. The highest BCUT2D eigenvalue weighted by atomic mass is 32.2. The van der Waals surface area contributed by atoms with E-state index in [-0.39, 0.29) is 10.9 Å². The molecule has 1 heterocycles. The molecule has 0 saturated heterocycles. The summed E-state index contributed by atoms with van der Waals surface area (Å²) in [5.41, 5.74) is 4.51. The summed E-state index contributed by atoms with van der Waals surface area (Å²) in [6, 6.07) is 11.3. The summed E-state index contributed by atoms with van der Waals surface area (Å²) in [4.78, 5) is 4.58. The summed E-state index contributed by atoms with van der Waals surface area (Å²) in [7, 11) is 4.03. The van der Waals surface area contributed by atoms with Crippen molar-refractivity contribution >= 4 is 15.7 Å². The summed E-state index contributed by atoms with van der Waals surface area (Å²) in [5, 5.41) is 0. The van der Waals surface area contributed by atoms with E-state index in [4.69, 9.17) is 4.74 Å². The van der Waals surface area contributed by atoms with Crippen LogP contribution in [0, 0.1) is 6.92 Å². The summed E-state index contributed by atoms with van der Waals surface area (Å²) in [5.74, 6) is 0.675. The lowest BCUT2D eigenvalue weighted by atomic mass is 9.96. The molecular formula is C22H31N3O3S. The molecule has 0 amide bonds.